The predicted molar refractivity (Wildman–Crippen MR) is 110 cm³/mol. The van der Waals surface area contributed by atoms with Gasteiger partial charge in [-0.05, 0) is 45.0 Å². The number of rotatable bonds is 6. The van der Waals surface area contributed by atoms with Gasteiger partial charge in [0.05, 0.1) is 4.90 Å². The topological polar surface area (TPSA) is 90.9 Å². The first kappa shape index (κ1) is 20.8. The highest BCUT2D eigenvalue weighted by Crippen LogP contribution is 2.33. The molecular weight excluding hydrogens is 376 g/mol. The Bertz CT molecular complexity index is 871. The zero-order chi connectivity index (χ0) is 20.5. The maximum Gasteiger partial charge on any atom is 0.263 e. The quantitative estimate of drug-likeness (QED) is 0.753. The molecule has 0 radical (unpaired) electrons. The third kappa shape index (κ3) is 3.93. The zero-order valence-corrected chi connectivity index (χ0v) is 17.8. The van der Waals surface area contributed by atoms with E-state index in [1.54, 1.807) is 24.3 Å². The predicted octanol–water partition coefficient (Wildman–Crippen LogP) is 1.74. The number of carbonyl (C=O) groups is 1. The summed E-state index contributed by atoms with van der Waals surface area (Å²) < 4.78 is 27.1. The second kappa shape index (κ2) is 7.83. The average Bonchev–Trinajstić information content (AvgIpc) is 3.22. The molecule has 154 valence electrons. The van der Waals surface area contributed by atoms with Crippen LogP contribution in [0.3, 0.4) is 0 Å². The van der Waals surface area contributed by atoms with Crippen LogP contribution < -0.4 is 10.0 Å². The van der Waals surface area contributed by atoms with E-state index in [1.807, 2.05) is 13.8 Å². The maximum atomic E-state index is 13.0. The monoisotopic (exact) mass is 406 g/mol. The number of hydrogen-bond donors (Lipinski definition) is 2. The van der Waals surface area contributed by atoms with Crippen molar-refractivity contribution >= 4 is 21.8 Å². The van der Waals surface area contributed by atoms with E-state index >= 15 is 0 Å². The fourth-order valence-corrected chi connectivity index (χ4v) is 5.29. The molecular formula is C20H30N4O3S. The van der Waals surface area contributed by atoms with Crippen molar-refractivity contribution in [1.82, 2.24) is 14.9 Å². The van der Waals surface area contributed by atoms with E-state index < -0.39 is 16.1 Å². The third-order valence-electron chi connectivity index (χ3n) is 5.91. The lowest BCUT2D eigenvalue weighted by Crippen LogP contribution is -2.52. The molecule has 8 heteroatoms. The number of carbonyl (C=O) groups excluding carboxylic acids is 1. The van der Waals surface area contributed by atoms with Gasteiger partial charge in [0, 0.05) is 17.6 Å². The Balaban J connectivity index is 1.81. The molecule has 1 aliphatic carbocycles. The summed E-state index contributed by atoms with van der Waals surface area (Å²) in [6.45, 7) is 4.41. The molecule has 1 saturated carbocycles. The summed E-state index contributed by atoms with van der Waals surface area (Å²) in [5.74, 6) is 0.00972. The molecule has 0 aromatic heterocycles. The highest BCUT2D eigenvalue weighted by Gasteiger charge is 2.37. The van der Waals surface area contributed by atoms with Crippen molar-refractivity contribution < 1.29 is 13.2 Å². The number of nitrogens with one attached hydrogen (secondary N) is 2. The summed E-state index contributed by atoms with van der Waals surface area (Å²) in [6.07, 6.45) is 4.47. The molecule has 1 heterocycles. The molecule has 0 saturated heterocycles. The van der Waals surface area contributed by atoms with Crippen LogP contribution in [-0.2, 0) is 14.8 Å². The number of sulfonamides is 1. The number of aliphatic imine (C=N–C) groups is 1. The van der Waals surface area contributed by atoms with E-state index in [-0.39, 0.29) is 28.1 Å². The number of fused-ring (bicyclic) bond motifs is 1. The Morgan fingerprint density at radius 1 is 1.25 bits per heavy atom. The van der Waals surface area contributed by atoms with Crippen LogP contribution in [0.15, 0.2) is 34.2 Å². The van der Waals surface area contributed by atoms with Crippen LogP contribution in [0.4, 0.5) is 0 Å². The SMILES string of the molecule is CC(C)[C@H](N=C1NS(=O)(=O)c2ccccc21)C(=O)NCC1(N(C)C)CCCC1. The summed E-state index contributed by atoms with van der Waals surface area (Å²) >= 11 is 0. The number of likely N-dealkylation sites (N-methyl/N-ethyl adjacent to an activating group) is 1. The van der Waals surface area contributed by atoms with Gasteiger partial charge < -0.3 is 10.2 Å². The minimum absolute atomic E-state index is 0.00806. The zero-order valence-electron chi connectivity index (χ0n) is 17.0. The molecule has 28 heavy (non-hydrogen) atoms. The molecule has 1 atom stereocenters. The van der Waals surface area contributed by atoms with Gasteiger partial charge in [0.1, 0.15) is 11.9 Å². The van der Waals surface area contributed by atoms with Crippen molar-refractivity contribution in [3.63, 3.8) is 0 Å². The van der Waals surface area contributed by atoms with Gasteiger partial charge in [-0.1, -0.05) is 38.8 Å². The molecule has 1 amide bonds. The number of amides is 1. The van der Waals surface area contributed by atoms with Crippen LogP contribution in [-0.4, -0.2) is 57.3 Å². The van der Waals surface area contributed by atoms with Gasteiger partial charge >= 0.3 is 0 Å². The standard InChI is InChI=1S/C20H30N4O3S/c1-14(2)17(19(25)21-13-20(24(3)4)11-7-8-12-20)22-18-15-9-5-6-10-16(15)28(26,27)23-18/h5-6,9-10,14,17H,7-8,11-13H2,1-4H3,(H,21,25)(H,22,23)/t17-/m0/s1. The summed E-state index contributed by atoms with van der Waals surface area (Å²) in [4.78, 5) is 19.9. The van der Waals surface area contributed by atoms with Crippen LogP contribution >= 0.6 is 0 Å². The normalized spacial score (nSPS) is 22.3. The fourth-order valence-electron chi connectivity index (χ4n) is 4.05. The smallest absolute Gasteiger partial charge is 0.263 e. The Morgan fingerprint density at radius 2 is 1.89 bits per heavy atom. The first-order chi connectivity index (χ1) is 13.2. The summed E-state index contributed by atoms with van der Waals surface area (Å²) in [7, 11) is 0.497. The molecule has 0 spiro atoms. The Kier molecular flexibility index (Phi) is 5.82. The van der Waals surface area contributed by atoms with E-state index in [4.69, 9.17) is 0 Å². The first-order valence-corrected chi connectivity index (χ1v) is 11.3. The second-order valence-electron chi connectivity index (χ2n) is 8.31. The van der Waals surface area contributed by atoms with Crippen LogP contribution in [0.1, 0.15) is 45.1 Å². The Hall–Kier alpha value is -1.93. The van der Waals surface area contributed by atoms with Gasteiger partial charge in [-0.15, -0.1) is 0 Å². The van der Waals surface area contributed by atoms with Gasteiger partial charge in [-0.3, -0.25) is 14.5 Å². The van der Waals surface area contributed by atoms with Gasteiger partial charge in [0.2, 0.25) is 5.91 Å². The molecule has 3 rings (SSSR count). The minimum atomic E-state index is -3.62. The lowest BCUT2D eigenvalue weighted by atomic mass is 9.95. The van der Waals surface area contributed by atoms with Crippen LogP contribution in [0.5, 0.6) is 0 Å². The summed E-state index contributed by atoms with van der Waals surface area (Å²) in [5.41, 5.74) is 0.507. The Labute approximate surface area is 167 Å². The summed E-state index contributed by atoms with van der Waals surface area (Å²) in [5, 5.41) is 3.08. The maximum absolute atomic E-state index is 13.0. The highest BCUT2D eigenvalue weighted by molar-refractivity contribution is 7.90. The number of hydrogen-bond acceptors (Lipinski definition) is 5. The van der Waals surface area contributed by atoms with Crippen LogP contribution in [0.2, 0.25) is 0 Å². The lowest BCUT2D eigenvalue weighted by Gasteiger charge is -2.37. The van der Waals surface area contributed by atoms with Crippen molar-refractivity contribution in [3.8, 4) is 0 Å². The molecule has 7 nitrogen and oxygen atoms in total. The van der Waals surface area contributed by atoms with Gasteiger partial charge in [-0.25, -0.2) is 8.42 Å². The van der Waals surface area contributed by atoms with E-state index in [9.17, 15) is 13.2 Å². The van der Waals surface area contributed by atoms with Gasteiger partial charge in [0.15, 0.2) is 0 Å². The fraction of sp³-hybridized carbons (Fsp3) is 0.600. The molecule has 1 aromatic rings. The van der Waals surface area contributed by atoms with Crippen molar-refractivity contribution in [1.29, 1.82) is 0 Å². The third-order valence-corrected chi connectivity index (χ3v) is 7.30. The summed E-state index contributed by atoms with van der Waals surface area (Å²) in [6, 6.07) is 6.04. The first-order valence-electron chi connectivity index (χ1n) is 9.81. The molecule has 1 aromatic carbocycles. The second-order valence-corrected chi connectivity index (χ2v) is 9.96. The number of amidine groups is 1. The van der Waals surface area contributed by atoms with Crippen molar-refractivity contribution in [2.75, 3.05) is 20.6 Å². The molecule has 2 N–H and O–H groups in total. The van der Waals surface area contributed by atoms with Gasteiger partial charge in [-0.2, -0.15) is 0 Å². The molecule has 0 unspecified atom stereocenters. The van der Waals surface area contributed by atoms with E-state index in [1.165, 1.54) is 12.8 Å². The van der Waals surface area contributed by atoms with E-state index in [0.29, 0.717) is 12.1 Å². The van der Waals surface area contributed by atoms with E-state index in [2.05, 4.69) is 34.0 Å². The number of nitrogens with zero attached hydrogens (tertiary/aromatic N) is 2. The van der Waals surface area contributed by atoms with Crippen molar-refractivity contribution in [2.45, 2.75) is 56.0 Å². The highest BCUT2D eigenvalue weighted by atomic mass is 32.2. The van der Waals surface area contributed by atoms with Crippen molar-refractivity contribution in [3.05, 3.63) is 29.8 Å². The Morgan fingerprint density at radius 3 is 2.50 bits per heavy atom. The van der Waals surface area contributed by atoms with Crippen LogP contribution in [0.25, 0.3) is 0 Å². The minimum Gasteiger partial charge on any atom is -0.352 e. The van der Waals surface area contributed by atoms with E-state index in [0.717, 1.165) is 12.8 Å². The largest absolute Gasteiger partial charge is 0.352 e. The lowest BCUT2D eigenvalue weighted by molar-refractivity contribution is -0.123. The van der Waals surface area contributed by atoms with Crippen molar-refractivity contribution in [2.24, 2.45) is 10.9 Å². The van der Waals surface area contributed by atoms with Crippen LogP contribution in [0, 0.1) is 5.92 Å². The molecule has 1 fully saturated rings. The molecule has 0 bridgehead atoms. The molecule has 1 aliphatic heterocycles. The molecule has 2 aliphatic rings. The number of benzene rings is 1. The average molecular weight is 407 g/mol. The van der Waals surface area contributed by atoms with Gasteiger partial charge in [0.25, 0.3) is 10.0 Å².